The van der Waals surface area contributed by atoms with Gasteiger partial charge in [0.25, 0.3) is 0 Å². The van der Waals surface area contributed by atoms with Crippen LogP contribution in [0.3, 0.4) is 0 Å². The van der Waals surface area contributed by atoms with Gasteiger partial charge in [0.2, 0.25) is 0 Å². The quantitative estimate of drug-likeness (QED) is 0.769. The molecular weight excluding hydrogens is 258 g/mol. The van der Waals surface area contributed by atoms with Crippen LogP contribution in [0.5, 0.6) is 5.75 Å². The van der Waals surface area contributed by atoms with Crippen LogP contribution < -0.4 is 5.32 Å². The van der Waals surface area contributed by atoms with E-state index in [0.29, 0.717) is 11.8 Å². The summed E-state index contributed by atoms with van der Waals surface area (Å²) in [6.07, 6.45) is 1.96. The van der Waals surface area contributed by atoms with Crippen LogP contribution in [0, 0.1) is 0 Å². The van der Waals surface area contributed by atoms with Crippen molar-refractivity contribution >= 4 is 11.6 Å². The van der Waals surface area contributed by atoms with Crippen molar-refractivity contribution in [3.05, 3.63) is 52.0 Å². The topological polar surface area (TPSA) is 32.3 Å². The average molecular weight is 272 g/mol. The molecule has 1 atom stereocenters. The zero-order valence-corrected chi connectivity index (χ0v) is 11.2. The highest BCUT2D eigenvalue weighted by Crippen LogP contribution is 2.44. The van der Waals surface area contributed by atoms with E-state index >= 15 is 0 Å². The standard InChI is InChI=1S/C16H14ClNO/c17-11-1-2-13-10(5-11)7-15-16-9(3-4-18-15)6-12(19)8-14(13)16/h1-2,5-6,8,15,18-19H,3-4,7H2. The Balaban J connectivity index is 2.03. The molecule has 2 nitrogen and oxygen atoms in total. The van der Waals surface area contributed by atoms with Crippen molar-refractivity contribution < 1.29 is 5.11 Å². The molecule has 1 unspecified atom stereocenters. The van der Waals surface area contributed by atoms with Gasteiger partial charge in [0.1, 0.15) is 5.75 Å². The Morgan fingerprint density at radius 1 is 1.11 bits per heavy atom. The summed E-state index contributed by atoms with van der Waals surface area (Å²) < 4.78 is 0. The Bertz CT molecular complexity index is 681. The largest absolute Gasteiger partial charge is 0.508 e. The normalized spacial score (nSPS) is 19.7. The van der Waals surface area contributed by atoms with Gasteiger partial charge in [-0.25, -0.2) is 0 Å². The van der Waals surface area contributed by atoms with Crippen LogP contribution in [0.2, 0.25) is 5.02 Å². The molecule has 0 amide bonds. The molecular formula is C16H14ClNO. The lowest BCUT2D eigenvalue weighted by Crippen LogP contribution is -2.33. The van der Waals surface area contributed by atoms with E-state index < -0.39 is 0 Å². The van der Waals surface area contributed by atoms with Crippen molar-refractivity contribution in [3.8, 4) is 16.9 Å². The van der Waals surface area contributed by atoms with E-state index in [1.54, 1.807) is 0 Å². The van der Waals surface area contributed by atoms with Crippen LogP contribution >= 0.6 is 11.6 Å². The maximum Gasteiger partial charge on any atom is 0.116 e. The molecule has 1 aliphatic heterocycles. The lowest BCUT2D eigenvalue weighted by atomic mass is 9.78. The molecule has 2 aromatic carbocycles. The molecule has 96 valence electrons. The third kappa shape index (κ3) is 1.67. The molecule has 2 N–H and O–H groups in total. The predicted octanol–water partition coefficient (Wildman–Crippen LogP) is 3.46. The number of halogens is 1. The number of aromatic hydroxyl groups is 1. The highest BCUT2D eigenvalue weighted by molar-refractivity contribution is 6.30. The molecule has 1 aliphatic carbocycles. The summed E-state index contributed by atoms with van der Waals surface area (Å²) in [6, 6.07) is 10.2. The molecule has 19 heavy (non-hydrogen) atoms. The molecule has 4 rings (SSSR count). The van der Waals surface area contributed by atoms with Gasteiger partial charge >= 0.3 is 0 Å². The molecule has 0 fully saturated rings. The fraction of sp³-hybridized carbons (Fsp3) is 0.250. The summed E-state index contributed by atoms with van der Waals surface area (Å²) in [7, 11) is 0. The minimum Gasteiger partial charge on any atom is -0.508 e. The van der Waals surface area contributed by atoms with Crippen LogP contribution in [0.15, 0.2) is 30.3 Å². The maximum absolute atomic E-state index is 9.94. The number of nitrogens with one attached hydrogen (secondary N) is 1. The number of benzene rings is 2. The van der Waals surface area contributed by atoms with E-state index in [0.717, 1.165) is 30.0 Å². The van der Waals surface area contributed by atoms with Crippen molar-refractivity contribution in [2.45, 2.75) is 18.9 Å². The van der Waals surface area contributed by atoms with Gasteiger partial charge in [0.05, 0.1) is 0 Å². The number of phenols is 1. The van der Waals surface area contributed by atoms with Crippen molar-refractivity contribution in [2.75, 3.05) is 6.54 Å². The van der Waals surface area contributed by atoms with Crippen LogP contribution in [0.1, 0.15) is 22.7 Å². The molecule has 0 spiro atoms. The van der Waals surface area contributed by atoms with Gasteiger partial charge in [-0.2, -0.15) is 0 Å². The van der Waals surface area contributed by atoms with Gasteiger partial charge in [-0.3, -0.25) is 0 Å². The first-order valence-electron chi connectivity index (χ1n) is 6.60. The highest BCUT2D eigenvalue weighted by atomic mass is 35.5. The fourth-order valence-corrected chi connectivity index (χ4v) is 3.60. The maximum atomic E-state index is 9.94. The van der Waals surface area contributed by atoms with E-state index in [4.69, 9.17) is 11.6 Å². The molecule has 3 heteroatoms. The van der Waals surface area contributed by atoms with Crippen LogP contribution in [-0.4, -0.2) is 11.7 Å². The SMILES string of the molecule is Oc1cc2c3c(c1)-c1ccc(Cl)cc1CC3NCC2. The van der Waals surface area contributed by atoms with Crippen molar-refractivity contribution in [2.24, 2.45) is 0 Å². The van der Waals surface area contributed by atoms with Crippen molar-refractivity contribution in [1.82, 2.24) is 5.32 Å². The Hall–Kier alpha value is -1.51. The summed E-state index contributed by atoms with van der Waals surface area (Å²) in [5.41, 5.74) is 6.26. The molecule has 0 bridgehead atoms. The fourth-order valence-electron chi connectivity index (χ4n) is 3.41. The monoisotopic (exact) mass is 271 g/mol. The van der Waals surface area contributed by atoms with E-state index in [9.17, 15) is 5.11 Å². The van der Waals surface area contributed by atoms with Gasteiger partial charge in [-0.1, -0.05) is 17.7 Å². The summed E-state index contributed by atoms with van der Waals surface area (Å²) in [5, 5.41) is 14.3. The second-order valence-electron chi connectivity index (χ2n) is 5.33. The Kier molecular flexibility index (Phi) is 2.38. The molecule has 1 heterocycles. The van der Waals surface area contributed by atoms with E-state index in [-0.39, 0.29) is 0 Å². The molecule has 0 saturated carbocycles. The zero-order chi connectivity index (χ0) is 13.0. The van der Waals surface area contributed by atoms with E-state index in [1.165, 1.54) is 22.3 Å². The summed E-state index contributed by atoms with van der Waals surface area (Å²) >= 11 is 6.10. The Morgan fingerprint density at radius 2 is 2.00 bits per heavy atom. The van der Waals surface area contributed by atoms with Crippen molar-refractivity contribution in [3.63, 3.8) is 0 Å². The van der Waals surface area contributed by atoms with Crippen LogP contribution in [0.4, 0.5) is 0 Å². The van der Waals surface area contributed by atoms with Gasteiger partial charge in [0.15, 0.2) is 0 Å². The third-order valence-electron chi connectivity index (χ3n) is 4.17. The van der Waals surface area contributed by atoms with Gasteiger partial charge < -0.3 is 10.4 Å². The minimum atomic E-state index is 0.352. The second kappa shape index (κ2) is 3.99. The molecule has 0 saturated heterocycles. The van der Waals surface area contributed by atoms with Crippen LogP contribution in [-0.2, 0) is 12.8 Å². The number of phenolic OH excluding ortho intramolecular Hbond substituents is 1. The van der Waals surface area contributed by atoms with Crippen LogP contribution in [0.25, 0.3) is 11.1 Å². The highest BCUT2D eigenvalue weighted by Gasteiger charge is 2.29. The van der Waals surface area contributed by atoms with E-state index in [1.807, 2.05) is 24.3 Å². The number of hydrogen-bond acceptors (Lipinski definition) is 2. The summed E-state index contributed by atoms with van der Waals surface area (Å²) in [5.74, 6) is 0.359. The smallest absolute Gasteiger partial charge is 0.116 e. The first-order valence-corrected chi connectivity index (χ1v) is 6.98. The molecule has 2 aromatic rings. The summed E-state index contributed by atoms with van der Waals surface area (Å²) in [4.78, 5) is 0. The van der Waals surface area contributed by atoms with Gasteiger partial charge in [-0.15, -0.1) is 0 Å². The molecule has 2 aliphatic rings. The lowest BCUT2D eigenvalue weighted by Gasteiger charge is -2.34. The Labute approximate surface area is 117 Å². The average Bonchev–Trinajstić information content (AvgIpc) is 2.38. The molecule has 0 aromatic heterocycles. The second-order valence-corrected chi connectivity index (χ2v) is 5.76. The third-order valence-corrected chi connectivity index (χ3v) is 4.40. The summed E-state index contributed by atoms with van der Waals surface area (Å²) in [6.45, 7) is 0.969. The lowest BCUT2D eigenvalue weighted by molar-refractivity contribution is 0.466. The zero-order valence-electron chi connectivity index (χ0n) is 10.4. The number of hydrogen-bond donors (Lipinski definition) is 2. The number of rotatable bonds is 0. The predicted molar refractivity (Wildman–Crippen MR) is 76.7 cm³/mol. The first kappa shape index (κ1) is 11.3. The first-order chi connectivity index (χ1) is 9.22. The Morgan fingerprint density at radius 3 is 2.89 bits per heavy atom. The number of fused-ring (bicyclic) bond motifs is 2. The minimum absolute atomic E-state index is 0.352. The van der Waals surface area contributed by atoms with E-state index in [2.05, 4.69) is 11.4 Å². The molecule has 0 radical (unpaired) electrons. The van der Waals surface area contributed by atoms with Gasteiger partial charge in [0, 0.05) is 11.1 Å². The van der Waals surface area contributed by atoms with Gasteiger partial charge in [-0.05, 0) is 71.5 Å². The van der Waals surface area contributed by atoms with Crippen molar-refractivity contribution in [1.29, 1.82) is 0 Å².